The van der Waals surface area contributed by atoms with Crippen LogP contribution in [-0.4, -0.2) is 31.6 Å². The molecule has 0 aromatic heterocycles. The van der Waals surface area contributed by atoms with E-state index in [0.29, 0.717) is 12.8 Å². The van der Waals surface area contributed by atoms with Crippen LogP contribution in [0.25, 0.3) is 0 Å². The van der Waals surface area contributed by atoms with Crippen molar-refractivity contribution in [2.45, 2.75) is 36.6 Å². The van der Waals surface area contributed by atoms with Crippen LogP contribution in [0.2, 0.25) is 0 Å². The van der Waals surface area contributed by atoms with Crippen molar-refractivity contribution < 1.29 is 13.2 Å². The van der Waals surface area contributed by atoms with Gasteiger partial charge in [-0.15, -0.1) is 0 Å². The molecule has 18 heavy (non-hydrogen) atoms. The van der Waals surface area contributed by atoms with Crippen molar-refractivity contribution in [1.82, 2.24) is 4.31 Å². The van der Waals surface area contributed by atoms with E-state index < -0.39 is 15.6 Å². The molecule has 1 radical (unpaired) electrons. The molecular formula is C13H16NO3S. The average molecular weight is 266 g/mol. The molecule has 0 aliphatic heterocycles. The quantitative estimate of drug-likeness (QED) is 0.832. The molecule has 1 aromatic carbocycles. The van der Waals surface area contributed by atoms with E-state index in [1.165, 1.54) is 11.4 Å². The molecule has 1 aliphatic rings. The van der Waals surface area contributed by atoms with Gasteiger partial charge in [-0.05, 0) is 38.3 Å². The first-order chi connectivity index (χ1) is 8.42. The second-order valence-electron chi connectivity index (χ2n) is 4.77. The van der Waals surface area contributed by atoms with Gasteiger partial charge in [0.2, 0.25) is 16.3 Å². The Balaban J connectivity index is 2.36. The molecule has 0 spiro atoms. The van der Waals surface area contributed by atoms with Crippen LogP contribution >= 0.6 is 0 Å². The fourth-order valence-electron chi connectivity index (χ4n) is 2.09. The summed E-state index contributed by atoms with van der Waals surface area (Å²) in [7, 11) is -2.16. The third-order valence-corrected chi connectivity index (χ3v) is 5.59. The summed E-state index contributed by atoms with van der Waals surface area (Å²) in [6.45, 7) is 1.90. The van der Waals surface area contributed by atoms with Crippen LogP contribution < -0.4 is 0 Å². The minimum absolute atomic E-state index is 0.220. The molecule has 1 aliphatic carbocycles. The van der Waals surface area contributed by atoms with Crippen molar-refractivity contribution in [1.29, 1.82) is 0 Å². The zero-order valence-electron chi connectivity index (χ0n) is 10.5. The molecule has 0 amide bonds. The SMILES string of the molecule is Cc1ccc(S(=O)(=O)N(C)C2([C]=O)CCC2)cc1. The van der Waals surface area contributed by atoms with E-state index in [1.807, 2.05) is 13.2 Å². The number of hydrogen-bond donors (Lipinski definition) is 0. The van der Waals surface area contributed by atoms with Gasteiger partial charge >= 0.3 is 0 Å². The molecule has 0 heterocycles. The Bertz CT molecular complexity index is 544. The number of sulfonamides is 1. The molecule has 4 nitrogen and oxygen atoms in total. The summed E-state index contributed by atoms with van der Waals surface area (Å²) in [5.74, 6) is 0. The van der Waals surface area contributed by atoms with Gasteiger partial charge in [0.05, 0.1) is 4.90 Å². The second-order valence-corrected chi connectivity index (χ2v) is 6.74. The topological polar surface area (TPSA) is 54.5 Å². The number of carbonyl (C=O) groups excluding carboxylic acids is 1. The van der Waals surface area contributed by atoms with Gasteiger partial charge in [-0.25, -0.2) is 8.42 Å². The number of aryl methyl sites for hydroxylation is 1. The highest BCUT2D eigenvalue weighted by molar-refractivity contribution is 7.89. The molecule has 0 N–H and O–H groups in total. The van der Waals surface area contributed by atoms with E-state index in [4.69, 9.17) is 0 Å². The zero-order valence-corrected chi connectivity index (χ0v) is 11.3. The summed E-state index contributed by atoms with van der Waals surface area (Å²) in [5, 5.41) is 0. The van der Waals surface area contributed by atoms with Gasteiger partial charge in [-0.2, -0.15) is 4.31 Å². The van der Waals surface area contributed by atoms with Crippen molar-refractivity contribution in [3.8, 4) is 0 Å². The molecule has 1 fully saturated rings. The number of hydrogen-bond acceptors (Lipinski definition) is 3. The fourth-order valence-corrected chi connectivity index (χ4v) is 3.57. The van der Waals surface area contributed by atoms with Crippen molar-refractivity contribution >= 4 is 16.3 Å². The van der Waals surface area contributed by atoms with E-state index in [1.54, 1.807) is 24.3 Å². The van der Waals surface area contributed by atoms with E-state index in [-0.39, 0.29) is 4.90 Å². The van der Waals surface area contributed by atoms with Crippen molar-refractivity contribution in [3.63, 3.8) is 0 Å². The Morgan fingerprint density at radius 3 is 2.17 bits per heavy atom. The summed E-state index contributed by atoms with van der Waals surface area (Å²) in [5.41, 5.74) is 0.0425. The third kappa shape index (κ3) is 1.97. The second kappa shape index (κ2) is 4.48. The Kier molecular flexibility index (Phi) is 3.29. The van der Waals surface area contributed by atoms with Crippen LogP contribution in [-0.2, 0) is 14.8 Å². The highest BCUT2D eigenvalue weighted by Gasteiger charge is 2.47. The summed E-state index contributed by atoms with van der Waals surface area (Å²) in [4.78, 5) is 11.3. The summed E-state index contributed by atoms with van der Waals surface area (Å²) < 4.78 is 25.9. The third-order valence-electron chi connectivity index (χ3n) is 3.65. The Hall–Kier alpha value is -1.20. The summed E-state index contributed by atoms with van der Waals surface area (Å²) in [6, 6.07) is 6.63. The Labute approximate surface area is 108 Å². The lowest BCUT2D eigenvalue weighted by molar-refractivity contribution is 0.178. The molecule has 0 atom stereocenters. The predicted octanol–water partition coefficient (Wildman–Crippen LogP) is 1.65. The highest BCUT2D eigenvalue weighted by atomic mass is 32.2. The number of rotatable bonds is 4. The van der Waals surface area contributed by atoms with Crippen LogP contribution in [0.1, 0.15) is 24.8 Å². The molecule has 5 heteroatoms. The van der Waals surface area contributed by atoms with Crippen molar-refractivity contribution in [2.75, 3.05) is 7.05 Å². The van der Waals surface area contributed by atoms with E-state index in [0.717, 1.165) is 12.0 Å². The van der Waals surface area contributed by atoms with E-state index in [9.17, 15) is 13.2 Å². The lowest BCUT2D eigenvalue weighted by Gasteiger charge is -2.42. The van der Waals surface area contributed by atoms with Gasteiger partial charge in [0.1, 0.15) is 5.54 Å². The molecular weight excluding hydrogens is 250 g/mol. The van der Waals surface area contributed by atoms with Gasteiger partial charge < -0.3 is 0 Å². The summed E-state index contributed by atoms with van der Waals surface area (Å²) >= 11 is 0. The number of benzene rings is 1. The van der Waals surface area contributed by atoms with Gasteiger partial charge in [-0.1, -0.05) is 17.7 Å². The van der Waals surface area contributed by atoms with Crippen LogP contribution in [0.5, 0.6) is 0 Å². The van der Waals surface area contributed by atoms with Crippen LogP contribution in [0.15, 0.2) is 29.2 Å². The lowest BCUT2D eigenvalue weighted by atomic mass is 9.78. The molecule has 2 rings (SSSR count). The monoisotopic (exact) mass is 266 g/mol. The maximum Gasteiger partial charge on any atom is 0.243 e. The highest BCUT2D eigenvalue weighted by Crippen LogP contribution is 2.38. The zero-order chi connectivity index (χ0) is 13.4. The molecule has 0 saturated heterocycles. The molecule has 1 saturated carbocycles. The maximum absolute atomic E-state index is 12.4. The van der Waals surface area contributed by atoms with Crippen LogP contribution in [0, 0.1) is 6.92 Å². The van der Waals surface area contributed by atoms with Gasteiger partial charge in [0, 0.05) is 7.05 Å². The first kappa shape index (κ1) is 13.2. The van der Waals surface area contributed by atoms with E-state index >= 15 is 0 Å². The van der Waals surface area contributed by atoms with Crippen LogP contribution in [0.4, 0.5) is 0 Å². The average Bonchev–Trinajstić information content (AvgIpc) is 2.28. The molecule has 97 valence electrons. The Morgan fingerprint density at radius 1 is 1.22 bits per heavy atom. The molecule has 0 bridgehead atoms. The smallest absolute Gasteiger partial charge is 0.243 e. The minimum Gasteiger partial charge on any atom is -0.289 e. The van der Waals surface area contributed by atoms with Crippen molar-refractivity contribution in [3.05, 3.63) is 29.8 Å². The first-order valence-corrected chi connectivity index (χ1v) is 7.31. The predicted molar refractivity (Wildman–Crippen MR) is 68.4 cm³/mol. The normalized spacial score (nSPS) is 18.4. The lowest BCUT2D eigenvalue weighted by Crippen LogP contribution is -2.55. The number of likely N-dealkylation sites (N-methyl/N-ethyl adjacent to an activating group) is 1. The molecule has 0 unspecified atom stereocenters. The van der Waals surface area contributed by atoms with Gasteiger partial charge in [-0.3, -0.25) is 4.79 Å². The van der Waals surface area contributed by atoms with Gasteiger partial charge in [0.25, 0.3) is 0 Å². The maximum atomic E-state index is 12.4. The van der Waals surface area contributed by atoms with Crippen LogP contribution in [0.3, 0.4) is 0 Å². The standard InChI is InChI=1S/C13H16NO3S/c1-11-4-6-12(7-5-11)18(16,17)14(2)13(10-15)8-3-9-13/h4-7H,3,8-9H2,1-2H3. The van der Waals surface area contributed by atoms with Gasteiger partial charge in [0.15, 0.2) is 0 Å². The largest absolute Gasteiger partial charge is 0.289 e. The minimum atomic E-state index is -3.62. The Morgan fingerprint density at radius 2 is 1.78 bits per heavy atom. The van der Waals surface area contributed by atoms with Crippen molar-refractivity contribution in [2.24, 2.45) is 0 Å². The fraction of sp³-hybridized carbons (Fsp3) is 0.462. The summed E-state index contributed by atoms with van der Waals surface area (Å²) in [6.07, 6.45) is 3.87. The first-order valence-electron chi connectivity index (χ1n) is 5.87. The van der Waals surface area contributed by atoms with E-state index in [2.05, 4.69) is 0 Å². The molecule has 1 aromatic rings. The number of nitrogens with zero attached hydrogens (tertiary/aromatic N) is 1.